The fraction of sp³-hybridized carbons (Fsp3) is 0. The van der Waals surface area contributed by atoms with Gasteiger partial charge in [0.25, 0.3) is 0 Å². The first kappa shape index (κ1) is 66.8. The van der Waals surface area contributed by atoms with E-state index in [0.29, 0.717) is 5.82 Å². The van der Waals surface area contributed by atoms with E-state index in [1.54, 1.807) is 0 Å². The molecule has 17 aromatic carbocycles. The highest BCUT2D eigenvalue weighted by Gasteiger charge is 2.23. The second-order valence-corrected chi connectivity index (χ2v) is 28.9. The Balaban J connectivity index is 0.682. The minimum Gasteiger partial charge on any atom is -0.311 e. The van der Waals surface area contributed by atoms with Crippen LogP contribution in [0, 0.1) is 0 Å². The van der Waals surface area contributed by atoms with Crippen molar-refractivity contribution in [3.8, 4) is 73.2 Å². The molecule has 114 heavy (non-hydrogen) atoms. The molecule has 0 fully saturated rings. The third kappa shape index (κ3) is 12.1. The van der Waals surface area contributed by atoms with Crippen molar-refractivity contribution in [3.63, 3.8) is 0 Å². The first-order valence-electron chi connectivity index (χ1n) is 38.8. The van der Waals surface area contributed by atoms with Crippen LogP contribution in [-0.2, 0) is 0 Å². The molecular formula is C106H72N8. The topological polar surface area (TPSA) is 50.3 Å². The summed E-state index contributed by atoms with van der Waals surface area (Å²) >= 11 is 0. The Morgan fingerprint density at radius 1 is 0.158 bits per heavy atom. The molecule has 0 aliphatic heterocycles. The lowest BCUT2D eigenvalue weighted by atomic mass is 10.0. The van der Waals surface area contributed by atoms with Crippen LogP contribution < -0.4 is 14.7 Å². The Hall–Kier alpha value is -15.4. The van der Waals surface area contributed by atoms with Gasteiger partial charge >= 0.3 is 0 Å². The molecule has 0 N–H and O–H groups in total. The zero-order valence-electron chi connectivity index (χ0n) is 62.1. The molecule has 0 bridgehead atoms. The summed E-state index contributed by atoms with van der Waals surface area (Å²) in [6, 6.07) is 157. The number of rotatable bonds is 17. The zero-order chi connectivity index (χ0) is 75.4. The molecular weight excluding hydrogens is 1390 g/mol. The van der Waals surface area contributed by atoms with Crippen LogP contribution in [0.15, 0.2) is 437 Å². The van der Waals surface area contributed by atoms with Crippen molar-refractivity contribution in [3.05, 3.63) is 437 Å². The van der Waals surface area contributed by atoms with E-state index < -0.39 is 0 Å². The highest BCUT2D eigenvalue weighted by molar-refractivity contribution is 6.13. The lowest BCUT2D eigenvalue weighted by Gasteiger charge is -2.26. The van der Waals surface area contributed by atoms with Crippen molar-refractivity contribution in [2.45, 2.75) is 0 Å². The van der Waals surface area contributed by atoms with Gasteiger partial charge in [0.15, 0.2) is 5.82 Å². The molecule has 0 aliphatic carbocycles. The summed E-state index contributed by atoms with van der Waals surface area (Å²) in [6.07, 6.45) is 0. The smallest absolute Gasteiger partial charge is 0.160 e. The fourth-order valence-corrected chi connectivity index (χ4v) is 16.9. The van der Waals surface area contributed by atoms with Gasteiger partial charge in [-0.1, -0.05) is 237 Å². The van der Waals surface area contributed by atoms with Gasteiger partial charge < -0.3 is 28.4 Å². The number of anilines is 9. The molecule has 0 aliphatic rings. The molecule has 0 radical (unpaired) electrons. The molecule has 4 aromatic heterocycles. The molecule has 21 rings (SSSR count). The van der Waals surface area contributed by atoms with Gasteiger partial charge in [0.2, 0.25) is 0 Å². The number of hydrogen-bond donors (Lipinski definition) is 0. The summed E-state index contributed by atoms with van der Waals surface area (Å²) in [5.74, 6) is 0.602. The van der Waals surface area contributed by atoms with Crippen LogP contribution in [0.1, 0.15) is 0 Å². The standard InChI is InChI=1S/C106H72N8/c1-7-31-80(32-8-1)109(81-33-9-2-10-34-81)86-58-52-73(53-59-86)75-56-63-103-95(69-75)92-46-19-23-50-101(92)113(103)89-44-25-28-77(66-89)98-72-99(108-106(107-98)79-30-27-43-88(68-79)111(84-39-15-5-16-40-84)91-62-65-105-97(71-91)94-48-21-22-49-100(94)112(105)85-41-17-6-18-42-85)78-29-26-45-90(67-78)114-102-51-24-20-47-93(102)96-70-76(57-64-104(96)114)74-54-60-87(61-55-74)110(82-35-11-3-12-36-82)83-37-13-4-14-38-83/h1-72H. The predicted molar refractivity (Wildman–Crippen MR) is 476 cm³/mol. The number of fused-ring (bicyclic) bond motifs is 9. The molecule has 0 spiro atoms. The van der Waals surface area contributed by atoms with Gasteiger partial charge in [-0.15, -0.1) is 0 Å². The minimum atomic E-state index is 0.602. The molecule has 4 heterocycles. The quantitative estimate of drug-likeness (QED) is 0.0909. The van der Waals surface area contributed by atoms with Crippen molar-refractivity contribution < 1.29 is 0 Å². The Kier molecular flexibility index (Phi) is 16.7. The van der Waals surface area contributed by atoms with Crippen LogP contribution in [0.25, 0.3) is 139 Å². The Labute approximate surface area is 660 Å². The second-order valence-electron chi connectivity index (χ2n) is 28.9. The predicted octanol–water partition coefficient (Wildman–Crippen LogP) is 28.5. The maximum atomic E-state index is 5.67. The van der Waals surface area contributed by atoms with Crippen molar-refractivity contribution in [2.24, 2.45) is 0 Å². The van der Waals surface area contributed by atoms with E-state index in [0.717, 1.165) is 152 Å². The average molecular weight is 1460 g/mol. The fourth-order valence-electron chi connectivity index (χ4n) is 16.9. The van der Waals surface area contributed by atoms with Crippen molar-refractivity contribution >= 4 is 117 Å². The summed E-state index contributed by atoms with van der Waals surface area (Å²) < 4.78 is 7.18. The van der Waals surface area contributed by atoms with E-state index in [1.165, 1.54) is 32.3 Å². The second kappa shape index (κ2) is 28.6. The molecule has 0 atom stereocenters. The van der Waals surface area contributed by atoms with Crippen LogP contribution in [0.3, 0.4) is 0 Å². The number of nitrogens with zero attached hydrogens (tertiary/aromatic N) is 8. The van der Waals surface area contributed by atoms with Crippen molar-refractivity contribution in [2.75, 3.05) is 14.7 Å². The molecule has 8 heteroatoms. The first-order valence-corrected chi connectivity index (χ1v) is 38.8. The van der Waals surface area contributed by atoms with Gasteiger partial charge in [-0.05, 0) is 222 Å². The third-order valence-electron chi connectivity index (χ3n) is 22.2. The maximum absolute atomic E-state index is 5.67. The lowest BCUT2D eigenvalue weighted by molar-refractivity contribution is 1.16. The molecule has 0 saturated heterocycles. The SMILES string of the molecule is c1ccc(N(c2ccccc2)c2ccc(-c3ccc4c(c3)c3ccccc3n4-c3cccc(-c4cc(-c5cccc(-n6c7ccccc7c7cc(-c8ccc(N(c9ccccc9)c9ccccc9)cc8)ccc76)c5)nc(-c5cccc(N(c6ccccc6)c6ccc7c(c6)c6ccccc6n7-c6ccccc6)c5)n4)c3)cc2)cc1. The minimum absolute atomic E-state index is 0.602. The van der Waals surface area contributed by atoms with Crippen LogP contribution in [-0.4, -0.2) is 23.7 Å². The van der Waals surface area contributed by atoms with E-state index in [1.807, 2.05) is 0 Å². The maximum Gasteiger partial charge on any atom is 0.160 e. The molecule has 8 nitrogen and oxygen atoms in total. The Bertz CT molecular complexity index is 6760. The number of para-hydroxylation sites is 9. The summed E-state index contributed by atoms with van der Waals surface area (Å²) in [5, 5.41) is 7.05. The summed E-state index contributed by atoms with van der Waals surface area (Å²) in [4.78, 5) is 18.3. The van der Waals surface area contributed by atoms with Crippen molar-refractivity contribution in [1.82, 2.24) is 23.7 Å². The highest BCUT2D eigenvalue weighted by Crippen LogP contribution is 2.45. The molecule has 536 valence electrons. The first-order chi connectivity index (χ1) is 56.5. The number of hydrogen-bond acceptors (Lipinski definition) is 5. The van der Waals surface area contributed by atoms with Crippen LogP contribution >= 0.6 is 0 Å². The van der Waals surface area contributed by atoms with E-state index in [-0.39, 0.29) is 0 Å². The van der Waals surface area contributed by atoms with Gasteiger partial charge in [-0.25, -0.2) is 9.97 Å². The van der Waals surface area contributed by atoms with E-state index >= 15 is 0 Å². The third-order valence-corrected chi connectivity index (χ3v) is 22.2. The molecule has 0 amide bonds. The van der Waals surface area contributed by atoms with Gasteiger partial charge in [0, 0.05) is 117 Å². The van der Waals surface area contributed by atoms with E-state index in [9.17, 15) is 0 Å². The van der Waals surface area contributed by atoms with Gasteiger partial charge in [0.05, 0.1) is 44.5 Å². The lowest BCUT2D eigenvalue weighted by Crippen LogP contribution is -2.10. The van der Waals surface area contributed by atoms with Gasteiger partial charge in [-0.2, -0.15) is 0 Å². The van der Waals surface area contributed by atoms with Crippen LogP contribution in [0.4, 0.5) is 51.2 Å². The summed E-state index contributed by atoms with van der Waals surface area (Å²) in [6.45, 7) is 0. The van der Waals surface area contributed by atoms with Crippen LogP contribution in [0.2, 0.25) is 0 Å². The number of benzene rings is 17. The summed E-state index contributed by atoms with van der Waals surface area (Å²) in [5.41, 5.74) is 28.5. The van der Waals surface area contributed by atoms with Crippen molar-refractivity contribution in [1.29, 1.82) is 0 Å². The van der Waals surface area contributed by atoms with E-state index in [4.69, 9.17) is 9.97 Å². The molecule has 0 unspecified atom stereocenters. The van der Waals surface area contributed by atoms with Crippen LogP contribution in [0.5, 0.6) is 0 Å². The molecule has 0 saturated carbocycles. The van der Waals surface area contributed by atoms with E-state index in [2.05, 4.69) is 465 Å². The largest absolute Gasteiger partial charge is 0.311 e. The molecule has 21 aromatic rings. The highest BCUT2D eigenvalue weighted by atomic mass is 15.2. The van der Waals surface area contributed by atoms with Gasteiger partial charge in [-0.3, -0.25) is 0 Å². The zero-order valence-corrected chi connectivity index (χ0v) is 62.1. The van der Waals surface area contributed by atoms with Gasteiger partial charge in [0.1, 0.15) is 0 Å². The number of aromatic nitrogens is 5. The monoisotopic (exact) mass is 1460 g/mol. The Morgan fingerprint density at radius 2 is 0.439 bits per heavy atom. The average Bonchev–Trinajstić information content (AvgIpc) is 1.64. The normalized spacial score (nSPS) is 11.5. The Morgan fingerprint density at radius 3 is 0.860 bits per heavy atom. The summed E-state index contributed by atoms with van der Waals surface area (Å²) in [7, 11) is 0.